The Morgan fingerprint density at radius 1 is 0.846 bits per heavy atom. The molecule has 8 N–H and O–H groups in total. The molecule has 0 spiro atoms. The van der Waals surface area contributed by atoms with Crippen LogP contribution in [0.3, 0.4) is 0 Å². The molecule has 0 heterocycles. The van der Waals surface area contributed by atoms with Gasteiger partial charge in [0.05, 0.1) is 11.6 Å². The lowest BCUT2D eigenvalue weighted by Crippen LogP contribution is -2.24. The average Bonchev–Trinajstić information content (AvgIpc) is 2.60. The zero-order valence-corrected chi connectivity index (χ0v) is 13.5. The van der Waals surface area contributed by atoms with E-state index in [1.807, 2.05) is 0 Å². The van der Waals surface area contributed by atoms with Gasteiger partial charge in [0.15, 0.2) is 11.9 Å². The van der Waals surface area contributed by atoms with Gasteiger partial charge in [-0.15, -0.1) is 0 Å². The quantitative estimate of drug-likeness (QED) is 0.445. The molecule has 2 aromatic rings. The second kappa shape index (κ2) is 7.59. The fourth-order valence-electron chi connectivity index (χ4n) is 2.23. The first kappa shape index (κ1) is 18.2. The minimum atomic E-state index is -0.750. The minimum absolute atomic E-state index is 0.0396. The minimum Gasteiger partial charge on any atom is -0.370 e. The average molecular weight is 349 g/mol. The normalized spacial score (nSPS) is 9.65. The fourth-order valence-corrected chi connectivity index (χ4v) is 2.23. The summed E-state index contributed by atoms with van der Waals surface area (Å²) in [5.41, 5.74) is 22.3. The molecule has 0 saturated carbocycles. The number of nitrogens with zero attached hydrogens (tertiary/aromatic N) is 3. The van der Waals surface area contributed by atoms with Gasteiger partial charge in [0.1, 0.15) is 0 Å². The highest BCUT2D eigenvalue weighted by Crippen LogP contribution is 2.26. The summed E-state index contributed by atoms with van der Waals surface area (Å²) in [5, 5.41) is 9.28. The van der Waals surface area contributed by atoms with E-state index in [1.165, 1.54) is 18.2 Å². The number of carbonyl (C=O) groups excluding carboxylic acids is 2. The van der Waals surface area contributed by atoms with Crippen LogP contribution in [0.15, 0.2) is 52.4 Å². The van der Waals surface area contributed by atoms with Crippen LogP contribution in [0.5, 0.6) is 0 Å². The van der Waals surface area contributed by atoms with E-state index in [1.54, 1.807) is 24.3 Å². The van der Waals surface area contributed by atoms with Gasteiger partial charge in [0, 0.05) is 11.1 Å². The van der Waals surface area contributed by atoms with E-state index in [-0.39, 0.29) is 11.1 Å². The number of rotatable bonds is 3. The highest BCUT2D eigenvalue weighted by Gasteiger charge is 2.15. The lowest BCUT2D eigenvalue weighted by molar-refractivity contribution is 0.100. The summed E-state index contributed by atoms with van der Waals surface area (Å²) >= 11 is 0. The van der Waals surface area contributed by atoms with E-state index in [2.05, 4.69) is 16.1 Å². The number of nitrogens with two attached hydrogens (primary N) is 4. The first-order chi connectivity index (χ1) is 12.3. The molecule has 0 aromatic heterocycles. The van der Waals surface area contributed by atoms with Gasteiger partial charge in [-0.25, -0.2) is 0 Å². The van der Waals surface area contributed by atoms with Crippen molar-refractivity contribution in [2.75, 3.05) is 0 Å². The van der Waals surface area contributed by atoms with E-state index >= 15 is 0 Å². The third-order valence-corrected chi connectivity index (χ3v) is 3.25. The molecule has 26 heavy (non-hydrogen) atoms. The van der Waals surface area contributed by atoms with Crippen molar-refractivity contribution < 1.29 is 9.59 Å². The highest BCUT2D eigenvalue weighted by atomic mass is 16.2. The SMILES string of the molecule is N#Cc1ccccc1-c1cc(C(=O)N=C(N)N)cc(C(=O)N=C(N)N)c1. The molecule has 2 amide bonds. The number of nitriles is 1. The summed E-state index contributed by atoms with van der Waals surface area (Å²) in [6.07, 6.45) is 0. The highest BCUT2D eigenvalue weighted by molar-refractivity contribution is 6.07. The third-order valence-electron chi connectivity index (χ3n) is 3.25. The zero-order valence-electron chi connectivity index (χ0n) is 13.5. The Bertz CT molecular complexity index is 931. The molecule has 0 aliphatic heterocycles. The lowest BCUT2D eigenvalue weighted by atomic mass is 9.96. The summed E-state index contributed by atoms with van der Waals surface area (Å²) in [4.78, 5) is 31.3. The van der Waals surface area contributed by atoms with Crippen LogP contribution in [0.4, 0.5) is 0 Å². The van der Waals surface area contributed by atoms with Gasteiger partial charge in [0.2, 0.25) is 0 Å². The van der Waals surface area contributed by atoms with E-state index in [0.717, 1.165) is 0 Å². The molecule has 130 valence electrons. The van der Waals surface area contributed by atoms with E-state index < -0.39 is 23.7 Å². The Labute approximate surface area is 148 Å². The maximum atomic E-state index is 12.2. The van der Waals surface area contributed by atoms with Crippen molar-refractivity contribution in [2.45, 2.75) is 0 Å². The van der Waals surface area contributed by atoms with E-state index in [0.29, 0.717) is 16.7 Å². The van der Waals surface area contributed by atoms with Gasteiger partial charge in [0.25, 0.3) is 11.8 Å². The first-order valence-electron chi connectivity index (χ1n) is 7.24. The Morgan fingerprint density at radius 3 is 1.81 bits per heavy atom. The maximum Gasteiger partial charge on any atom is 0.280 e. The molecule has 9 nitrogen and oxygen atoms in total. The van der Waals surface area contributed by atoms with Crippen molar-refractivity contribution in [1.82, 2.24) is 0 Å². The van der Waals surface area contributed by atoms with Crippen molar-refractivity contribution in [2.24, 2.45) is 32.9 Å². The fraction of sp³-hybridized carbons (Fsp3) is 0. The number of carbonyl (C=O) groups is 2. The summed E-state index contributed by atoms with van der Waals surface area (Å²) < 4.78 is 0. The number of hydrogen-bond donors (Lipinski definition) is 4. The van der Waals surface area contributed by atoms with Crippen LogP contribution in [0, 0.1) is 11.3 Å². The van der Waals surface area contributed by atoms with Crippen molar-refractivity contribution in [3.05, 3.63) is 59.2 Å². The maximum absolute atomic E-state index is 12.2. The second-order valence-corrected chi connectivity index (χ2v) is 5.14. The number of benzene rings is 2. The van der Waals surface area contributed by atoms with Crippen LogP contribution in [0.25, 0.3) is 11.1 Å². The van der Waals surface area contributed by atoms with Crippen LogP contribution in [-0.2, 0) is 0 Å². The first-order valence-corrected chi connectivity index (χ1v) is 7.24. The molecule has 2 rings (SSSR count). The molecule has 0 aliphatic carbocycles. The number of amides is 2. The van der Waals surface area contributed by atoms with Crippen LogP contribution in [0.1, 0.15) is 26.3 Å². The summed E-state index contributed by atoms with van der Waals surface area (Å²) in [6.45, 7) is 0. The molecule has 0 aliphatic rings. The largest absolute Gasteiger partial charge is 0.370 e. The van der Waals surface area contributed by atoms with Crippen LogP contribution in [-0.4, -0.2) is 23.7 Å². The Hall–Kier alpha value is -4.19. The Morgan fingerprint density at radius 2 is 1.35 bits per heavy atom. The molecule has 0 atom stereocenters. The van der Waals surface area contributed by atoms with Crippen LogP contribution < -0.4 is 22.9 Å². The number of aliphatic imine (C=N–C) groups is 2. The molecule has 9 heteroatoms. The van der Waals surface area contributed by atoms with Crippen LogP contribution >= 0.6 is 0 Å². The molecular weight excluding hydrogens is 334 g/mol. The third kappa shape index (κ3) is 4.21. The smallest absolute Gasteiger partial charge is 0.280 e. The van der Waals surface area contributed by atoms with Gasteiger partial charge in [-0.3, -0.25) is 9.59 Å². The van der Waals surface area contributed by atoms with Gasteiger partial charge in [-0.2, -0.15) is 15.2 Å². The van der Waals surface area contributed by atoms with Gasteiger partial charge < -0.3 is 22.9 Å². The lowest BCUT2D eigenvalue weighted by Gasteiger charge is -2.08. The Balaban J connectivity index is 2.70. The molecule has 0 unspecified atom stereocenters. The van der Waals surface area contributed by atoms with E-state index in [4.69, 9.17) is 22.9 Å². The molecule has 0 fully saturated rings. The van der Waals surface area contributed by atoms with Crippen molar-refractivity contribution in [3.63, 3.8) is 0 Å². The summed E-state index contributed by atoms with van der Waals surface area (Å²) in [5.74, 6) is -2.34. The molecular formula is C17H15N7O2. The summed E-state index contributed by atoms with van der Waals surface area (Å²) in [7, 11) is 0. The van der Waals surface area contributed by atoms with Gasteiger partial charge >= 0.3 is 0 Å². The number of hydrogen-bond acceptors (Lipinski definition) is 3. The molecule has 2 aromatic carbocycles. The molecule has 0 saturated heterocycles. The molecule has 0 radical (unpaired) electrons. The van der Waals surface area contributed by atoms with Crippen LogP contribution in [0.2, 0.25) is 0 Å². The summed E-state index contributed by atoms with van der Waals surface area (Å²) in [6, 6.07) is 13.0. The second-order valence-electron chi connectivity index (χ2n) is 5.14. The van der Waals surface area contributed by atoms with Gasteiger partial charge in [-0.05, 0) is 35.4 Å². The predicted molar refractivity (Wildman–Crippen MR) is 96.9 cm³/mol. The Kier molecular flexibility index (Phi) is 5.30. The van der Waals surface area contributed by atoms with Gasteiger partial charge in [-0.1, -0.05) is 18.2 Å². The molecule has 0 bridgehead atoms. The van der Waals surface area contributed by atoms with Crippen molar-refractivity contribution in [3.8, 4) is 17.2 Å². The predicted octanol–water partition coefficient (Wildman–Crippen LogP) is 0.0525. The number of guanidine groups is 2. The van der Waals surface area contributed by atoms with Crippen molar-refractivity contribution in [1.29, 1.82) is 5.26 Å². The zero-order chi connectivity index (χ0) is 19.3. The standard InChI is InChI=1S/C17H15N7O2/c18-8-9-3-1-2-4-13(9)10-5-11(14(25)23-16(19)20)7-12(6-10)15(26)24-17(21)22/h1-7H,(H4,19,20,23,25)(H4,21,22,24,26). The van der Waals surface area contributed by atoms with Crippen molar-refractivity contribution >= 4 is 23.7 Å². The topological polar surface area (TPSA) is 187 Å². The van der Waals surface area contributed by atoms with E-state index in [9.17, 15) is 14.9 Å². The monoisotopic (exact) mass is 349 g/mol.